The van der Waals surface area contributed by atoms with Crippen molar-refractivity contribution in [2.45, 2.75) is 65.8 Å². The number of benzene rings is 1. The summed E-state index contributed by atoms with van der Waals surface area (Å²) in [6.07, 6.45) is 0. The van der Waals surface area contributed by atoms with Gasteiger partial charge in [-0.1, -0.05) is 17.7 Å². The molecule has 0 amide bonds. The number of carbonyl (C=O) groups is 1. The third kappa shape index (κ3) is 4.70. The molecule has 1 aliphatic rings. The number of ketones is 1. The van der Waals surface area contributed by atoms with Crippen LogP contribution in [0, 0.1) is 34.6 Å². The number of nitrogens with zero attached hydrogens (tertiary/aromatic N) is 3. The van der Waals surface area contributed by atoms with Crippen molar-refractivity contribution < 1.29 is 13.2 Å². The summed E-state index contributed by atoms with van der Waals surface area (Å²) in [5.41, 5.74) is 5.39. The summed E-state index contributed by atoms with van der Waals surface area (Å²) < 4.78 is 30.4. The third-order valence-corrected chi connectivity index (χ3v) is 8.51. The molecule has 1 aromatic carbocycles. The van der Waals surface area contributed by atoms with Crippen LogP contribution in [0.4, 0.5) is 0 Å². The fourth-order valence-corrected chi connectivity index (χ4v) is 7.03. The van der Waals surface area contributed by atoms with Gasteiger partial charge < -0.3 is 4.57 Å². The Balaban J connectivity index is 1.70. The summed E-state index contributed by atoms with van der Waals surface area (Å²) in [5, 5.41) is 0. The number of sulfonamides is 1. The van der Waals surface area contributed by atoms with E-state index in [9.17, 15) is 13.2 Å². The predicted molar refractivity (Wildman–Crippen MR) is 129 cm³/mol. The van der Waals surface area contributed by atoms with Crippen LogP contribution in [0.5, 0.6) is 0 Å². The zero-order valence-corrected chi connectivity index (χ0v) is 21.6. The highest BCUT2D eigenvalue weighted by Crippen LogP contribution is 2.27. The van der Waals surface area contributed by atoms with Crippen molar-refractivity contribution in [1.29, 1.82) is 0 Å². The van der Waals surface area contributed by atoms with Gasteiger partial charge in [0.1, 0.15) is 0 Å². The minimum absolute atomic E-state index is 0.0844. The van der Waals surface area contributed by atoms with Crippen molar-refractivity contribution in [1.82, 2.24) is 13.8 Å². The van der Waals surface area contributed by atoms with Crippen molar-refractivity contribution in [3.63, 3.8) is 0 Å². The minimum Gasteiger partial charge on any atom is -0.343 e. The summed E-state index contributed by atoms with van der Waals surface area (Å²) >= 11 is 0. The Morgan fingerprint density at radius 3 is 1.91 bits per heavy atom. The molecule has 0 unspecified atom stereocenters. The van der Waals surface area contributed by atoms with Gasteiger partial charge in [-0.15, -0.1) is 0 Å². The average molecular weight is 460 g/mol. The fourth-order valence-electron chi connectivity index (χ4n) is 5.20. The lowest BCUT2D eigenvalue weighted by Gasteiger charge is -2.34. The van der Waals surface area contributed by atoms with Gasteiger partial charge in [-0.25, -0.2) is 8.42 Å². The number of rotatable bonds is 5. The van der Waals surface area contributed by atoms with E-state index in [0.29, 0.717) is 37.6 Å². The van der Waals surface area contributed by atoms with Crippen LogP contribution in [0.3, 0.4) is 0 Å². The smallest absolute Gasteiger partial charge is 0.243 e. The Bertz CT molecular complexity index is 1110. The minimum atomic E-state index is -3.55. The van der Waals surface area contributed by atoms with Gasteiger partial charge in [-0.3, -0.25) is 9.69 Å². The van der Waals surface area contributed by atoms with E-state index in [1.165, 1.54) is 0 Å². The molecule has 176 valence electrons. The van der Waals surface area contributed by atoms with Gasteiger partial charge in [0.15, 0.2) is 5.78 Å². The van der Waals surface area contributed by atoms with Crippen LogP contribution in [0.2, 0.25) is 0 Å². The molecule has 0 aliphatic carbocycles. The number of piperazine rings is 1. The van der Waals surface area contributed by atoms with Gasteiger partial charge in [0.05, 0.1) is 11.4 Å². The van der Waals surface area contributed by atoms with Crippen LogP contribution in [0.15, 0.2) is 23.1 Å². The molecule has 0 atom stereocenters. The molecule has 2 heterocycles. The van der Waals surface area contributed by atoms with Crippen LogP contribution >= 0.6 is 0 Å². The second kappa shape index (κ2) is 8.76. The second-order valence-electron chi connectivity index (χ2n) is 10.1. The Morgan fingerprint density at radius 2 is 1.44 bits per heavy atom. The standard InChI is InChI=1S/C25H37N3O3S/c1-17-13-18(2)24(19(3)14-17)32(30,31)27-11-9-26(10-12-27)16-23(29)22-15-20(4)28(21(22)5)25(6,7)8/h13-15H,9-12,16H2,1-8H3. The van der Waals surface area contributed by atoms with Crippen LogP contribution in [0.25, 0.3) is 0 Å². The molecule has 32 heavy (non-hydrogen) atoms. The average Bonchev–Trinajstić information content (AvgIpc) is 2.95. The quantitative estimate of drug-likeness (QED) is 0.635. The molecular weight excluding hydrogens is 422 g/mol. The largest absolute Gasteiger partial charge is 0.343 e. The van der Waals surface area contributed by atoms with Gasteiger partial charge in [0.2, 0.25) is 10.0 Å². The number of hydrogen-bond donors (Lipinski definition) is 0. The van der Waals surface area contributed by atoms with Crippen molar-refractivity contribution in [3.8, 4) is 0 Å². The Morgan fingerprint density at radius 1 is 0.906 bits per heavy atom. The molecule has 0 spiro atoms. The molecule has 0 saturated carbocycles. The normalized spacial score (nSPS) is 16.5. The van der Waals surface area contributed by atoms with Gasteiger partial charge in [0, 0.05) is 48.7 Å². The van der Waals surface area contributed by atoms with Gasteiger partial charge in [0.25, 0.3) is 0 Å². The van der Waals surface area contributed by atoms with E-state index in [1.807, 2.05) is 52.8 Å². The van der Waals surface area contributed by atoms with Crippen LogP contribution in [-0.4, -0.2) is 60.7 Å². The SMILES string of the molecule is Cc1cc(C)c(S(=O)(=O)N2CCN(CC(=O)c3cc(C)n(C(C)(C)C)c3C)CC2)c(C)c1. The maximum atomic E-state index is 13.3. The van der Waals surface area contributed by atoms with E-state index in [2.05, 4.69) is 30.2 Å². The first-order chi connectivity index (χ1) is 14.7. The Labute approximate surface area is 193 Å². The van der Waals surface area contributed by atoms with Gasteiger partial charge in [-0.05, 0) is 72.6 Å². The molecular formula is C25H37N3O3S. The van der Waals surface area contributed by atoms with Crippen molar-refractivity contribution in [2.24, 2.45) is 0 Å². The summed E-state index contributed by atoms with van der Waals surface area (Å²) in [6.45, 7) is 18.3. The van der Waals surface area contributed by atoms with E-state index in [0.717, 1.165) is 33.6 Å². The number of Topliss-reactive ketones (excluding diaryl/α,β-unsaturated/α-hetero) is 1. The lowest BCUT2D eigenvalue weighted by atomic mass is 10.1. The molecule has 0 bridgehead atoms. The molecule has 2 aromatic rings. The number of carbonyl (C=O) groups excluding carboxylic acids is 1. The first kappa shape index (κ1) is 24.7. The van der Waals surface area contributed by atoms with Gasteiger partial charge in [-0.2, -0.15) is 4.31 Å². The van der Waals surface area contributed by atoms with Crippen LogP contribution < -0.4 is 0 Å². The number of hydrogen-bond acceptors (Lipinski definition) is 4. The highest BCUT2D eigenvalue weighted by molar-refractivity contribution is 7.89. The maximum Gasteiger partial charge on any atom is 0.243 e. The molecule has 1 aliphatic heterocycles. The Hall–Kier alpha value is -1.96. The van der Waals surface area contributed by atoms with Crippen LogP contribution in [-0.2, 0) is 15.6 Å². The zero-order chi connectivity index (χ0) is 24.0. The summed E-state index contributed by atoms with van der Waals surface area (Å²) in [6, 6.07) is 5.82. The second-order valence-corrected chi connectivity index (χ2v) is 12.0. The van der Waals surface area contributed by atoms with Crippen molar-refractivity contribution in [3.05, 3.63) is 51.8 Å². The molecule has 3 rings (SSSR count). The van der Waals surface area contributed by atoms with E-state index >= 15 is 0 Å². The third-order valence-electron chi connectivity index (χ3n) is 6.30. The first-order valence-corrected chi connectivity index (χ1v) is 12.7. The summed E-state index contributed by atoms with van der Waals surface area (Å²) in [7, 11) is -3.55. The topological polar surface area (TPSA) is 62.6 Å². The summed E-state index contributed by atoms with van der Waals surface area (Å²) in [5.74, 6) is 0.0927. The maximum absolute atomic E-state index is 13.3. The van der Waals surface area contributed by atoms with Gasteiger partial charge >= 0.3 is 0 Å². The molecule has 1 aromatic heterocycles. The van der Waals surface area contributed by atoms with E-state index in [4.69, 9.17) is 0 Å². The highest BCUT2D eigenvalue weighted by atomic mass is 32.2. The van der Waals surface area contributed by atoms with Crippen molar-refractivity contribution in [2.75, 3.05) is 32.7 Å². The Kier molecular flexibility index (Phi) is 6.76. The highest BCUT2D eigenvalue weighted by Gasteiger charge is 2.32. The molecule has 7 heteroatoms. The lowest BCUT2D eigenvalue weighted by Crippen LogP contribution is -2.50. The van der Waals surface area contributed by atoms with E-state index < -0.39 is 10.0 Å². The van der Waals surface area contributed by atoms with E-state index in [-0.39, 0.29) is 11.3 Å². The molecule has 0 radical (unpaired) electrons. The van der Waals surface area contributed by atoms with E-state index in [1.54, 1.807) is 4.31 Å². The summed E-state index contributed by atoms with van der Waals surface area (Å²) in [4.78, 5) is 15.5. The predicted octanol–water partition coefficient (Wildman–Crippen LogP) is 3.97. The molecule has 1 fully saturated rings. The number of aromatic nitrogens is 1. The van der Waals surface area contributed by atoms with Crippen LogP contribution in [0.1, 0.15) is 59.2 Å². The zero-order valence-electron chi connectivity index (χ0n) is 20.7. The fraction of sp³-hybridized carbons (Fsp3) is 0.560. The van der Waals surface area contributed by atoms with Crippen molar-refractivity contribution >= 4 is 15.8 Å². The lowest BCUT2D eigenvalue weighted by molar-refractivity contribution is 0.0901. The molecule has 0 N–H and O–H groups in total. The first-order valence-electron chi connectivity index (χ1n) is 11.3. The number of aryl methyl sites for hydroxylation is 4. The molecule has 6 nitrogen and oxygen atoms in total. The molecule has 1 saturated heterocycles. The monoisotopic (exact) mass is 459 g/mol.